The summed E-state index contributed by atoms with van der Waals surface area (Å²) in [7, 11) is 0. The van der Waals surface area contributed by atoms with Gasteiger partial charge in [0.15, 0.2) is 0 Å². The molecule has 0 aromatic heterocycles. The van der Waals surface area contributed by atoms with Gasteiger partial charge in [0.2, 0.25) is 0 Å². The predicted molar refractivity (Wildman–Crippen MR) is 51.0 cm³/mol. The van der Waals surface area contributed by atoms with E-state index in [1.807, 2.05) is 12.4 Å². The van der Waals surface area contributed by atoms with Crippen LogP contribution in [0.25, 0.3) is 0 Å². The maximum Gasteiger partial charge on any atom is 0.128 e. The molecule has 2 aliphatic rings. The number of rotatable bonds is 1. The zero-order valence-corrected chi connectivity index (χ0v) is 7.49. The topological polar surface area (TPSA) is 24.4 Å². The Morgan fingerprint density at radius 3 is 3.08 bits per heavy atom. The zero-order chi connectivity index (χ0) is 8.55. The molecule has 0 amide bonds. The Morgan fingerprint density at radius 1 is 1.50 bits per heavy atom. The molecule has 64 valence electrons. The summed E-state index contributed by atoms with van der Waals surface area (Å²) in [6, 6.07) is 0. The van der Waals surface area contributed by atoms with Gasteiger partial charge in [0.25, 0.3) is 0 Å². The molecule has 0 bridgehead atoms. The Balaban J connectivity index is 2.26. The average Bonchev–Trinajstić information content (AvgIpc) is 2.49. The summed E-state index contributed by atoms with van der Waals surface area (Å²) in [5.74, 6) is 1.11. The van der Waals surface area contributed by atoms with Crippen molar-refractivity contribution in [1.82, 2.24) is 5.32 Å². The molecule has 0 aliphatic carbocycles. The lowest BCUT2D eigenvalue weighted by Crippen LogP contribution is -2.29. The van der Waals surface area contributed by atoms with Gasteiger partial charge in [-0.15, -0.1) is 0 Å². The molecule has 2 rings (SSSR count). The van der Waals surface area contributed by atoms with E-state index < -0.39 is 0 Å². The molecule has 0 radical (unpaired) electrons. The molecule has 0 fully saturated rings. The van der Waals surface area contributed by atoms with Crippen LogP contribution in [0.1, 0.15) is 13.8 Å². The van der Waals surface area contributed by atoms with Gasteiger partial charge in [-0.2, -0.15) is 0 Å². The molecule has 0 saturated carbocycles. The number of fused-ring (bicyclic) bond motifs is 1. The van der Waals surface area contributed by atoms with Crippen LogP contribution in [0, 0.1) is 11.8 Å². The van der Waals surface area contributed by atoms with E-state index >= 15 is 0 Å². The molecule has 1 N–H and O–H groups in total. The Morgan fingerprint density at radius 2 is 2.33 bits per heavy atom. The molecule has 12 heavy (non-hydrogen) atoms. The third-order valence-electron chi connectivity index (χ3n) is 2.48. The maximum atomic E-state index is 4.35. The SMILES string of the molecule is CC(C)C1=CC=NC2NC=CC12. The van der Waals surface area contributed by atoms with Crippen LogP contribution in [0.4, 0.5) is 0 Å². The fourth-order valence-electron chi connectivity index (χ4n) is 1.81. The van der Waals surface area contributed by atoms with E-state index in [0.717, 1.165) is 0 Å². The quantitative estimate of drug-likeness (QED) is 0.623. The average molecular weight is 162 g/mol. The van der Waals surface area contributed by atoms with Crippen molar-refractivity contribution in [3.05, 3.63) is 23.9 Å². The van der Waals surface area contributed by atoms with Gasteiger partial charge in [0, 0.05) is 12.1 Å². The molecule has 2 heteroatoms. The molecule has 2 atom stereocenters. The first-order chi connectivity index (χ1) is 5.79. The summed E-state index contributed by atoms with van der Waals surface area (Å²) in [5, 5.41) is 3.22. The highest BCUT2D eigenvalue weighted by Gasteiger charge is 2.27. The van der Waals surface area contributed by atoms with Crippen molar-refractivity contribution in [2.24, 2.45) is 16.8 Å². The van der Waals surface area contributed by atoms with Crippen molar-refractivity contribution in [1.29, 1.82) is 0 Å². The summed E-state index contributed by atoms with van der Waals surface area (Å²) in [6.45, 7) is 4.46. The number of hydrogen-bond donors (Lipinski definition) is 1. The van der Waals surface area contributed by atoms with E-state index in [9.17, 15) is 0 Å². The normalized spacial score (nSPS) is 31.8. The molecule has 0 saturated heterocycles. The Kier molecular flexibility index (Phi) is 1.75. The first kappa shape index (κ1) is 7.59. The summed E-state index contributed by atoms with van der Waals surface area (Å²) in [4.78, 5) is 4.35. The second-order valence-electron chi connectivity index (χ2n) is 3.62. The smallest absolute Gasteiger partial charge is 0.128 e. The third-order valence-corrected chi connectivity index (χ3v) is 2.48. The zero-order valence-electron chi connectivity index (χ0n) is 7.49. The van der Waals surface area contributed by atoms with Gasteiger partial charge < -0.3 is 5.32 Å². The Hall–Kier alpha value is -1.05. The first-order valence-corrected chi connectivity index (χ1v) is 4.45. The third kappa shape index (κ3) is 1.07. The van der Waals surface area contributed by atoms with Gasteiger partial charge in [-0.05, 0) is 18.2 Å². The molecule has 0 aromatic carbocycles. The highest BCUT2D eigenvalue weighted by Crippen LogP contribution is 2.29. The largest absolute Gasteiger partial charge is 0.369 e. The minimum absolute atomic E-state index is 0.271. The number of nitrogens with one attached hydrogen (secondary N) is 1. The van der Waals surface area contributed by atoms with Gasteiger partial charge in [-0.25, -0.2) is 0 Å². The van der Waals surface area contributed by atoms with Crippen LogP contribution >= 0.6 is 0 Å². The van der Waals surface area contributed by atoms with Crippen LogP contribution < -0.4 is 5.32 Å². The maximum absolute atomic E-state index is 4.35. The van der Waals surface area contributed by atoms with Crippen LogP contribution in [-0.2, 0) is 0 Å². The van der Waals surface area contributed by atoms with E-state index in [1.54, 1.807) is 0 Å². The van der Waals surface area contributed by atoms with E-state index in [1.165, 1.54) is 5.57 Å². The number of allylic oxidation sites excluding steroid dienone is 1. The van der Waals surface area contributed by atoms with Gasteiger partial charge >= 0.3 is 0 Å². The van der Waals surface area contributed by atoms with Crippen molar-refractivity contribution in [3.8, 4) is 0 Å². The van der Waals surface area contributed by atoms with E-state index in [0.29, 0.717) is 11.8 Å². The minimum atomic E-state index is 0.271. The lowest BCUT2D eigenvalue weighted by Gasteiger charge is -2.24. The molecule has 0 aromatic rings. The van der Waals surface area contributed by atoms with Gasteiger partial charge in [0.05, 0.1) is 0 Å². The van der Waals surface area contributed by atoms with Crippen LogP contribution in [-0.4, -0.2) is 12.4 Å². The van der Waals surface area contributed by atoms with Crippen molar-refractivity contribution in [2.75, 3.05) is 0 Å². The van der Waals surface area contributed by atoms with E-state index in [2.05, 4.69) is 36.3 Å². The van der Waals surface area contributed by atoms with Gasteiger partial charge in [-0.3, -0.25) is 4.99 Å². The summed E-state index contributed by atoms with van der Waals surface area (Å²) >= 11 is 0. The summed E-state index contributed by atoms with van der Waals surface area (Å²) in [6.07, 6.45) is 8.54. The van der Waals surface area contributed by atoms with Gasteiger partial charge in [-0.1, -0.05) is 25.5 Å². The van der Waals surface area contributed by atoms with Crippen molar-refractivity contribution < 1.29 is 0 Å². The Bertz CT molecular complexity index is 261. The summed E-state index contributed by atoms with van der Waals surface area (Å²) in [5.41, 5.74) is 1.48. The molecule has 2 nitrogen and oxygen atoms in total. The number of aliphatic imine (C=N–C) groups is 1. The highest BCUT2D eigenvalue weighted by molar-refractivity contribution is 5.74. The Labute approximate surface area is 73.1 Å². The van der Waals surface area contributed by atoms with Crippen LogP contribution in [0.3, 0.4) is 0 Å². The lowest BCUT2D eigenvalue weighted by atomic mass is 9.87. The fraction of sp³-hybridized carbons (Fsp3) is 0.500. The van der Waals surface area contributed by atoms with E-state index in [-0.39, 0.29) is 6.17 Å². The van der Waals surface area contributed by atoms with Gasteiger partial charge in [0.1, 0.15) is 6.17 Å². The summed E-state index contributed by atoms with van der Waals surface area (Å²) < 4.78 is 0. The number of hydrogen-bond acceptors (Lipinski definition) is 2. The molecular weight excluding hydrogens is 148 g/mol. The second-order valence-corrected chi connectivity index (χ2v) is 3.62. The lowest BCUT2D eigenvalue weighted by molar-refractivity contribution is 0.508. The van der Waals surface area contributed by atoms with E-state index in [4.69, 9.17) is 0 Å². The first-order valence-electron chi connectivity index (χ1n) is 4.45. The van der Waals surface area contributed by atoms with Crippen molar-refractivity contribution in [3.63, 3.8) is 0 Å². The van der Waals surface area contributed by atoms with Crippen LogP contribution in [0.2, 0.25) is 0 Å². The van der Waals surface area contributed by atoms with Crippen LogP contribution in [0.15, 0.2) is 28.9 Å². The molecular formula is C10H14N2. The molecule has 2 heterocycles. The standard InChI is InChI=1S/C10H14N2/c1-7(2)8-3-5-11-10-9(8)4-6-12-10/h3-7,9-10,12H,1-2H3. The molecule has 0 spiro atoms. The fourth-order valence-corrected chi connectivity index (χ4v) is 1.81. The predicted octanol–water partition coefficient (Wildman–Crippen LogP) is 1.71. The molecule has 2 aliphatic heterocycles. The van der Waals surface area contributed by atoms with Crippen LogP contribution in [0.5, 0.6) is 0 Å². The van der Waals surface area contributed by atoms with Crippen molar-refractivity contribution in [2.45, 2.75) is 20.0 Å². The number of nitrogens with zero attached hydrogens (tertiary/aromatic N) is 1. The molecule has 2 unspecified atom stereocenters. The monoisotopic (exact) mass is 162 g/mol. The van der Waals surface area contributed by atoms with Crippen molar-refractivity contribution >= 4 is 6.21 Å². The minimum Gasteiger partial charge on any atom is -0.369 e. The number of dihydropyridines is 1. The highest BCUT2D eigenvalue weighted by atomic mass is 15.1. The second kappa shape index (κ2) is 2.77.